The lowest BCUT2D eigenvalue weighted by Gasteiger charge is -2.22. The maximum Gasteiger partial charge on any atom is 0.325 e. The number of imide groups is 1. The number of carbonyl (C=O) groups is 2. The number of amides is 3. The molecule has 9 heteroatoms. The number of thiazole rings is 1. The summed E-state index contributed by atoms with van der Waals surface area (Å²) in [6, 6.07) is 8.23. The Morgan fingerprint density at radius 1 is 1.07 bits per heavy atom. The molecule has 1 unspecified atom stereocenters. The molecular formula is C20H14F3N3O2S. The van der Waals surface area contributed by atoms with Crippen LogP contribution < -0.4 is 5.32 Å². The highest BCUT2D eigenvalue weighted by atomic mass is 32.1. The monoisotopic (exact) mass is 417 g/mol. The lowest BCUT2D eigenvalue weighted by Crippen LogP contribution is -2.41. The molecule has 0 saturated carbocycles. The van der Waals surface area contributed by atoms with Crippen molar-refractivity contribution in [3.63, 3.8) is 0 Å². The third-order valence-electron chi connectivity index (χ3n) is 4.73. The smallest absolute Gasteiger partial charge is 0.319 e. The van der Waals surface area contributed by atoms with Gasteiger partial charge >= 0.3 is 6.03 Å². The van der Waals surface area contributed by atoms with E-state index in [0.717, 1.165) is 17.0 Å². The number of nitrogens with one attached hydrogen (secondary N) is 1. The highest BCUT2D eigenvalue weighted by molar-refractivity contribution is 7.13. The number of aromatic nitrogens is 1. The molecule has 0 bridgehead atoms. The Hall–Kier alpha value is -3.20. The molecule has 0 radical (unpaired) electrons. The van der Waals surface area contributed by atoms with Crippen LogP contribution >= 0.6 is 11.3 Å². The molecule has 2 heterocycles. The lowest BCUT2D eigenvalue weighted by atomic mass is 9.92. The molecule has 3 amide bonds. The summed E-state index contributed by atoms with van der Waals surface area (Å²) in [6.07, 6.45) is 0. The molecule has 3 aromatic rings. The van der Waals surface area contributed by atoms with Crippen molar-refractivity contribution in [2.45, 2.75) is 19.0 Å². The number of benzene rings is 2. The summed E-state index contributed by atoms with van der Waals surface area (Å²) in [6.45, 7) is 1.35. The Kier molecular flexibility index (Phi) is 4.62. The summed E-state index contributed by atoms with van der Waals surface area (Å²) in [5.41, 5.74) is -0.178. The molecule has 1 aromatic heterocycles. The Morgan fingerprint density at radius 3 is 2.48 bits per heavy atom. The minimum atomic E-state index is -1.51. The summed E-state index contributed by atoms with van der Waals surface area (Å²) in [4.78, 5) is 30.7. The second kappa shape index (κ2) is 7.00. The molecule has 0 aliphatic carbocycles. The SMILES string of the molecule is CC1(c2ccc(F)c(F)c2)NC(=O)N(Cc2csc(-c3ccc(F)cc3)n2)C1=O. The minimum Gasteiger partial charge on any atom is -0.319 e. The van der Waals surface area contributed by atoms with Gasteiger partial charge in [-0.25, -0.2) is 22.9 Å². The van der Waals surface area contributed by atoms with Crippen molar-refractivity contribution < 1.29 is 22.8 Å². The molecule has 29 heavy (non-hydrogen) atoms. The molecule has 148 valence electrons. The van der Waals surface area contributed by atoms with Gasteiger partial charge in [0.05, 0.1) is 12.2 Å². The van der Waals surface area contributed by atoms with Crippen LogP contribution in [0.2, 0.25) is 0 Å². The van der Waals surface area contributed by atoms with Crippen LogP contribution in [-0.4, -0.2) is 21.8 Å². The Morgan fingerprint density at radius 2 is 1.79 bits per heavy atom. The highest BCUT2D eigenvalue weighted by Gasteiger charge is 2.49. The molecule has 1 N–H and O–H groups in total. The summed E-state index contributed by atoms with van der Waals surface area (Å²) in [7, 11) is 0. The molecule has 4 rings (SSSR count). The third kappa shape index (κ3) is 3.38. The molecule has 1 aliphatic rings. The first kappa shape index (κ1) is 19.1. The van der Waals surface area contributed by atoms with E-state index in [4.69, 9.17) is 0 Å². The average molecular weight is 417 g/mol. The first-order chi connectivity index (χ1) is 13.8. The predicted octanol–water partition coefficient (Wildman–Crippen LogP) is 4.19. The normalized spacial score (nSPS) is 19.0. The van der Waals surface area contributed by atoms with E-state index < -0.39 is 29.1 Å². The number of hydrogen-bond acceptors (Lipinski definition) is 4. The number of halogens is 3. The molecule has 0 spiro atoms. The van der Waals surface area contributed by atoms with Gasteiger partial charge in [0.25, 0.3) is 5.91 Å². The first-order valence-electron chi connectivity index (χ1n) is 8.58. The number of carbonyl (C=O) groups excluding carboxylic acids is 2. The van der Waals surface area contributed by atoms with E-state index in [1.165, 1.54) is 36.5 Å². The van der Waals surface area contributed by atoms with Crippen LogP contribution in [0.25, 0.3) is 10.6 Å². The van der Waals surface area contributed by atoms with Crippen LogP contribution in [0, 0.1) is 17.5 Å². The fourth-order valence-electron chi connectivity index (χ4n) is 3.11. The van der Waals surface area contributed by atoms with Crippen molar-refractivity contribution in [2.75, 3.05) is 0 Å². The molecule has 5 nitrogen and oxygen atoms in total. The predicted molar refractivity (Wildman–Crippen MR) is 100 cm³/mol. The van der Waals surface area contributed by atoms with Gasteiger partial charge in [-0.2, -0.15) is 0 Å². The van der Waals surface area contributed by atoms with Crippen LogP contribution in [0.1, 0.15) is 18.2 Å². The van der Waals surface area contributed by atoms with Gasteiger partial charge in [0.2, 0.25) is 0 Å². The molecule has 1 aliphatic heterocycles. The van der Waals surface area contributed by atoms with Crippen molar-refractivity contribution in [1.29, 1.82) is 0 Å². The fourth-order valence-corrected chi connectivity index (χ4v) is 3.93. The summed E-state index contributed by atoms with van der Waals surface area (Å²) < 4.78 is 39.9. The standard InChI is InChI=1S/C20H14F3N3O2S/c1-20(12-4-7-15(22)16(23)8-12)18(27)26(19(28)25-20)9-14-10-29-17(24-14)11-2-5-13(21)6-3-11/h2-8,10H,9H2,1H3,(H,25,28). The van der Waals surface area contributed by atoms with Gasteiger partial charge in [-0.05, 0) is 48.9 Å². The zero-order valence-electron chi connectivity index (χ0n) is 15.1. The molecule has 1 fully saturated rings. The van der Waals surface area contributed by atoms with Crippen LogP contribution in [0.4, 0.5) is 18.0 Å². The van der Waals surface area contributed by atoms with E-state index in [-0.39, 0.29) is 17.9 Å². The van der Waals surface area contributed by atoms with Gasteiger partial charge < -0.3 is 5.32 Å². The highest BCUT2D eigenvalue weighted by Crippen LogP contribution is 2.31. The number of nitrogens with zero attached hydrogens (tertiary/aromatic N) is 2. The van der Waals surface area contributed by atoms with Gasteiger partial charge in [-0.1, -0.05) is 6.07 Å². The largest absolute Gasteiger partial charge is 0.325 e. The van der Waals surface area contributed by atoms with E-state index in [2.05, 4.69) is 10.3 Å². The van der Waals surface area contributed by atoms with Crippen LogP contribution in [-0.2, 0) is 16.9 Å². The van der Waals surface area contributed by atoms with E-state index in [1.54, 1.807) is 17.5 Å². The number of rotatable bonds is 4. The van der Waals surface area contributed by atoms with Crippen LogP contribution in [0.5, 0.6) is 0 Å². The average Bonchev–Trinajstić information content (AvgIpc) is 3.24. The van der Waals surface area contributed by atoms with Crippen molar-refractivity contribution >= 4 is 23.3 Å². The third-order valence-corrected chi connectivity index (χ3v) is 5.68. The zero-order chi connectivity index (χ0) is 20.8. The Bertz CT molecular complexity index is 1120. The topological polar surface area (TPSA) is 62.3 Å². The van der Waals surface area contributed by atoms with Gasteiger partial charge in [0, 0.05) is 10.9 Å². The maximum absolute atomic E-state index is 13.6. The van der Waals surface area contributed by atoms with Crippen LogP contribution in [0.15, 0.2) is 47.8 Å². The Labute approximate surface area is 167 Å². The second-order valence-electron chi connectivity index (χ2n) is 6.73. The summed E-state index contributed by atoms with van der Waals surface area (Å²) in [5, 5.41) is 4.86. The van der Waals surface area contributed by atoms with Crippen molar-refractivity contribution in [2.24, 2.45) is 0 Å². The molecular weight excluding hydrogens is 403 g/mol. The van der Waals surface area contributed by atoms with Gasteiger partial charge in [-0.15, -0.1) is 11.3 Å². The van der Waals surface area contributed by atoms with Gasteiger partial charge in [-0.3, -0.25) is 9.69 Å². The molecule has 2 aromatic carbocycles. The van der Waals surface area contributed by atoms with Crippen LogP contribution in [0.3, 0.4) is 0 Å². The number of urea groups is 1. The quantitative estimate of drug-likeness (QED) is 0.648. The van der Waals surface area contributed by atoms with Crippen molar-refractivity contribution in [3.05, 3.63) is 76.6 Å². The Balaban J connectivity index is 1.57. The van der Waals surface area contributed by atoms with E-state index >= 15 is 0 Å². The second-order valence-corrected chi connectivity index (χ2v) is 7.58. The summed E-state index contributed by atoms with van der Waals surface area (Å²) >= 11 is 1.30. The van der Waals surface area contributed by atoms with Crippen molar-refractivity contribution in [3.8, 4) is 10.6 Å². The van der Waals surface area contributed by atoms with Gasteiger partial charge in [0.15, 0.2) is 11.6 Å². The molecule has 1 saturated heterocycles. The zero-order valence-corrected chi connectivity index (χ0v) is 15.9. The minimum absolute atomic E-state index is 0.0817. The summed E-state index contributed by atoms with van der Waals surface area (Å²) in [5.74, 6) is -3.10. The van der Waals surface area contributed by atoms with E-state index in [1.807, 2.05) is 0 Å². The van der Waals surface area contributed by atoms with E-state index in [0.29, 0.717) is 16.3 Å². The van der Waals surface area contributed by atoms with Crippen molar-refractivity contribution in [1.82, 2.24) is 15.2 Å². The fraction of sp³-hybridized carbons (Fsp3) is 0.150. The lowest BCUT2D eigenvalue weighted by molar-refractivity contribution is -0.131. The van der Waals surface area contributed by atoms with E-state index in [9.17, 15) is 22.8 Å². The maximum atomic E-state index is 13.6. The molecule has 1 atom stereocenters. The first-order valence-corrected chi connectivity index (χ1v) is 9.46. The van der Waals surface area contributed by atoms with Gasteiger partial charge in [0.1, 0.15) is 16.4 Å². The number of hydrogen-bond donors (Lipinski definition) is 1.